The lowest BCUT2D eigenvalue weighted by molar-refractivity contribution is 0.0935. The Morgan fingerprint density at radius 2 is 2.04 bits per heavy atom. The van der Waals surface area contributed by atoms with Crippen LogP contribution in [0.2, 0.25) is 0 Å². The SMILES string of the molecule is CN=C(NCC1COc2ccccc2O1)NCC1CCCN1CCOC.I. The quantitative estimate of drug-likeness (QED) is 0.345. The van der Waals surface area contributed by atoms with Crippen LogP contribution in [0, 0.1) is 0 Å². The number of guanidine groups is 1. The first kappa shape index (κ1) is 22.0. The van der Waals surface area contributed by atoms with Crippen LogP contribution in [0.15, 0.2) is 29.3 Å². The lowest BCUT2D eigenvalue weighted by atomic mass is 10.2. The van der Waals surface area contributed by atoms with E-state index in [0.29, 0.717) is 19.2 Å². The van der Waals surface area contributed by atoms with Crippen LogP contribution in [-0.4, -0.2) is 76.6 Å². The van der Waals surface area contributed by atoms with E-state index >= 15 is 0 Å². The van der Waals surface area contributed by atoms with Crippen LogP contribution in [0.25, 0.3) is 0 Å². The fraction of sp³-hybridized carbons (Fsp3) is 0.632. The molecule has 0 saturated carbocycles. The van der Waals surface area contributed by atoms with E-state index in [4.69, 9.17) is 14.2 Å². The van der Waals surface area contributed by atoms with Gasteiger partial charge in [-0.3, -0.25) is 9.89 Å². The highest BCUT2D eigenvalue weighted by Crippen LogP contribution is 2.30. The van der Waals surface area contributed by atoms with Crippen molar-refractivity contribution in [2.75, 3.05) is 53.6 Å². The summed E-state index contributed by atoms with van der Waals surface area (Å²) in [5, 5.41) is 6.78. The summed E-state index contributed by atoms with van der Waals surface area (Å²) in [6, 6.07) is 8.30. The molecular formula is C19H31IN4O3. The number of rotatable bonds is 7. The topological polar surface area (TPSA) is 67.4 Å². The van der Waals surface area contributed by atoms with Gasteiger partial charge in [-0.1, -0.05) is 12.1 Å². The monoisotopic (exact) mass is 490 g/mol. The van der Waals surface area contributed by atoms with Gasteiger partial charge in [-0.25, -0.2) is 0 Å². The minimum atomic E-state index is -0.0341. The van der Waals surface area contributed by atoms with Crippen molar-refractivity contribution in [1.82, 2.24) is 15.5 Å². The van der Waals surface area contributed by atoms with E-state index < -0.39 is 0 Å². The Bertz CT molecular complexity index is 602. The average molecular weight is 490 g/mol. The molecule has 1 saturated heterocycles. The van der Waals surface area contributed by atoms with E-state index in [0.717, 1.165) is 43.7 Å². The Kier molecular flexibility index (Phi) is 9.43. The lowest BCUT2D eigenvalue weighted by Crippen LogP contribution is -2.48. The van der Waals surface area contributed by atoms with Gasteiger partial charge in [0.25, 0.3) is 0 Å². The molecule has 0 amide bonds. The Balaban J connectivity index is 0.00000261. The largest absolute Gasteiger partial charge is 0.486 e. The third-order valence-electron chi connectivity index (χ3n) is 4.88. The van der Waals surface area contributed by atoms with Gasteiger partial charge in [0.05, 0.1) is 13.2 Å². The van der Waals surface area contributed by atoms with Crippen molar-refractivity contribution in [1.29, 1.82) is 0 Å². The fourth-order valence-electron chi connectivity index (χ4n) is 3.44. The van der Waals surface area contributed by atoms with Crippen molar-refractivity contribution in [2.45, 2.75) is 25.0 Å². The normalized spacial score (nSPS) is 22.2. The number of halogens is 1. The molecule has 0 bridgehead atoms. The molecule has 7 nitrogen and oxygen atoms in total. The third kappa shape index (κ3) is 6.39. The van der Waals surface area contributed by atoms with Gasteiger partial charge >= 0.3 is 0 Å². The van der Waals surface area contributed by atoms with Gasteiger partial charge in [0.15, 0.2) is 17.5 Å². The molecule has 2 N–H and O–H groups in total. The van der Waals surface area contributed by atoms with Crippen LogP contribution in [0.3, 0.4) is 0 Å². The van der Waals surface area contributed by atoms with Crippen molar-refractivity contribution < 1.29 is 14.2 Å². The number of ether oxygens (including phenoxy) is 3. The van der Waals surface area contributed by atoms with Gasteiger partial charge in [-0.2, -0.15) is 0 Å². The highest BCUT2D eigenvalue weighted by Gasteiger charge is 2.24. The third-order valence-corrected chi connectivity index (χ3v) is 4.88. The first-order valence-electron chi connectivity index (χ1n) is 9.36. The van der Waals surface area contributed by atoms with Gasteiger partial charge in [0.2, 0.25) is 0 Å². The zero-order valence-corrected chi connectivity index (χ0v) is 18.5. The first-order chi connectivity index (χ1) is 12.8. The number of methoxy groups -OCH3 is 1. The number of nitrogens with zero attached hydrogens (tertiary/aromatic N) is 2. The summed E-state index contributed by atoms with van der Waals surface area (Å²) in [5.74, 6) is 2.41. The second-order valence-electron chi connectivity index (χ2n) is 6.66. The second kappa shape index (κ2) is 11.6. The number of hydrogen-bond acceptors (Lipinski definition) is 5. The van der Waals surface area contributed by atoms with Gasteiger partial charge in [0.1, 0.15) is 12.7 Å². The fourth-order valence-corrected chi connectivity index (χ4v) is 3.44. The van der Waals surface area contributed by atoms with Gasteiger partial charge < -0.3 is 24.8 Å². The second-order valence-corrected chi connectivity index (χ2v) is 6.66. The number of fused-ring (bicyclic) bond motifs is 1. The molecule has 2 atom stereocenters. The first-order valence-corrected chi connectivity index (χ1v) is 9.36. The van der Waals surface area contributed by atoms with E-state index in [9.17, 15) is 0 Å². The predicted molar refractivity (Wildman–Crippen MR) is 118 cm³/mol. The molecule has 0 spiro atoms. The molecular weight excluding hydrogens is 459 g/mol. The number of hydrogen-bond donors (Lipinski definition) is 2. The van der Waals surface area contributed by atoms with Gasteiger partial charge in [0, 0.05) is 33.3 Å². The maximum absolute atomic E-state index is 5.97. The number of para-hydroxylation sites is 2. The Morgan fingerprint density at radius 1 is 1.26 bits per heavy atom. The molecule has 0 radical (unpaired) electrons. The highest BCUT2D eigenvalue weighted by molar-refractivity contribution is 14.0. The van der Waals surface area contributed by atoms with E-state index in [1.807, 2.05) is 24.3 Å². The van der Waals surface area contributed by atoms with Crippen molar-refractivity contribution in [3.63, 3.8) is 0 Å². The summed E-state index contributed by atoms with van der Waals surface area (Å²) in [6.07, 6.45) is 2.42. The van der Waals surface area contributed by atoms with E-state index in [1.54, 1.807) is 14.2 Å². The van der Waals surface area contributed by atoms with Crippen LogP contribution in [0.5, 0.6) is 11.5 Å². The number of benzene rings is 1. The number of likely N-dealkylation sites (tertiary alicyclic amines) is 1. The molecule has 0 aliphatic carbocycles. The zero-order valence-electron chi connectivity index (χ0n) is 16.1. The number of nitrogens with one attached hydrogen (secondary N) is 2. The van der Waals surface area contributed by atoms with E-state index in [1.165, 1.54) is 12.8 Å². The van der Waals surface area contributed by atoms with Gasteiger partial charge in [-0.15, -0.1) is 24.0 Å². The molecule has 0 aromatic heterocycles. The molecule has 8 heteroatoms. The van der Waals surface area contributed by atoms with Gasteiger partial charge in [-0.05, 0) is 31.5 Å². The Morgan fingerprint density at radius 3 is 2.81 bits per heavy atom. The maximum Gasteiger partial charge on any atom is 0.191 e. The van der Waals surface area contributed by atoms with E-state index in [-0.39, 0.29) is 30.1 Å². The minimum Gasteiger partial charge on any atom is -0.486 e. The molecule has 2 heterocycles. The van der Waals surface area contributed by atoms with Crippen LogP contribution in [0.4, 0.5) is 0 Å². The van der Waals surface area contributed by atoms with Crippen molar-refractivity contribution in [3.8, 4) is 11.5 Å². The van der Waals surface area contributed by atoms with Crippen LogP contribution < -0.4 is 20.1 Å². The standard InChI is InChI=1S/C19H30N4O3.HI/c1-20-19(21-12-15-6-5-9-23(15)10-11-24-2)22-13-16-14-25-17-7-3-4-8-18(17)26-16;/h3-4,7-8,15-16H,5-6,9-14H2,1-2H3,(H2,20,21,22);1H. The van der Waals surface area contributed by atoms with Crippen LogP contribution >= 0.6 is 24.0 Å². The molecule has 1 aromatic rings. The summed E-state index contributed by atoms with van der Waals surface area (Å²) in [5.41, 5.74) is 0. The molecule has 1 aromatic carbocycles. The smallest absolute Gasteiger partial charge is 0.191 e. The molecule has 1 fully saturated rings. The van der Waals surface area contributed by atoms with Crippen LogP contribution in [0.1, 0.15) is 12.8 Å². The maximum atomic E-state index is 5.97. The van der Waals surface area contributed by atoms with Crippen molar-refractivity contribution >= 4 is 29.9 Å². The van der Waals surface area contributed by atoms with Crippen LogP contribution in [-0.2, 0) is 4.74 Å². The Labute approximate surface area is 178 Å². The highest BCUT2D eigenvalue weighted by atomic mass is 127. The van der Waals surface area contributed by atoms with Crippen molar-refractivity contribution in [3.05, 3.63) is 24.3 Å². The minimum absolute atomic E-state index is 0. The van der Waals surface area contributed by atoms with Crippen molar-refractivity contribution in [2.24, 2.45) is 4.99 Å². The average Bonchev–Trinajstić information content (AvgIpc) is 3.13. The molecule has 2 aliphatic rings. The van der Waals surface area contributed by atoms with E-state index in [2.05, 4.69) is 20.5 Å². The predicted octanol–water partition coefficient (Wildman–Crippen LogP) is 1.72. The molecule has 3 rings (SSSR count). The molecule has 152 valence electrons. The lowest BCUT2D eigenvalue weighted by Gasteiger charge is -2.28. The summed E-state index contributed by atoms with van der Waals surface area (Å²) in [6.45, 7) is 4.98. The number of aliphatic imine (C=N–C) groups is 1. The molecule has 2 unspecified atom stereocenters. The summed E-state index contributed by atoms with van der Waals surface area (Å²) >= 11 is 0. The summed E-state index contributed by atoms with van der Waals surface area (Å²) in [4.78, 5) is 6.80. The summed E-state index contributed by atoms with van der Waals surface area (Å²) in [7, 11) is 3.55. The Hall–Kier alpha value is -1.26. The molecule has 27 heavy (non-hydrogen) atoms. The summed E-state index contributed by atoms with van der Waals surface area (Å²) < 4.78 is 16.9. The zero-order chi connectivity index (χ0) is 18.2. The molecule has 2 aliphatic heterocycles.